The van der Waals surface area contributed by atoms with Crippen molar-refractivity contribution in [3.63, 3.8) is 0 Å². The predicted molar refractivity (Wildman–Crippen MR) is 75.8 cm³/mol. The molecule has 0 fully saturated rings. The van der Waals surface area contributed by atoms with E-state index in [4.69, 9.17) is 0 Å². The Bertz CT molecular complexity index is 501. The van der Waals surface area contributed by atoms with Crippen LogP contribution in [0, 0.1) is 0 Å². The third kappa shape index (κ3) is 4.58. The molecule has 9 heteroatoms. The van der Waals surface area contributed by atoms with Crippen molar-refractivity contribution in [3.8, 4) is 0 Å². The van der Waals surface area contributed by atoms with E-state index in [0.29, 0.717) is 0 Å². The van der Waals surface area contributed by atoms with Gasteiger partial charge in [0.1, 0.15) is 13.0 Å². The van der Waals surface area contributed by atoms with Gasteiger partial charge in [0, 0.05) is 0 Å². The molecule has 0 bridgehead atoms. The molecule has 0 aliphatic carbocycles. The van der Waals surface area contributed by atoms with Gasteiger partial charge >= 0.3 is 0 Å². The molecule has 9 nitrogen and oxygen atoms in total. The van der Waals surface area contributed by atoms with Crippen molar-refractivity contribution in [2.75, 3.05) is 6.67 Å². The highest BCUT2D eigenvalue weighted by atomic mass is 16.2. The second kappa shape index (κ2) is 7.60. The molecule has 3 N–H and O–H groups in total. The highest BCUT2D eigenvalue weighted by Crippen LogP contribution is 2.03. The molecule has 1 heterocycles. The second-order valence-electron chi connectivity index (χ2n) is 3.76. The molecule has 0 aromatic carbocycles. The van der Waals surface area contributed by atoms with Crippen LogP contribution < -0.4 is 16.2 Å². The van der Waals surface area contributed by atoms with Crippen LogP contribution in [0.2, 0.25) is 0 Å². The summed E-state index contributed by atoms with van der Waals surface area (Å²) in [5.74, 6) is -1.48. The first-order chi connectivity index (χ1) is 10.0. The van der Waals surface area contributed by atoms with Gasteiger partial charge < -0.3 is 5.32 Å². The lowest BCUT2D eigenvalue weighted by molar-refractivity contribution is -0.134. The number of carbonyl (C=O) groups excluding carboxylic acids is 3. The smallest absolute Gasteiger partial charge is 0.262 e. The van der Waals surface area contributed by atoms with Crippen LogP contribution in [0.4, 0.5) is 0 Å². The van der Waals surface area contributed by atoms with E-state index in [9.17, 15) is 14.4 Å². The van der Waals surface area contributed by atoms with Gasteiger partial charge in [-0.15, -0.1) is 0 Å². The molecule has 1 atom stereocenters. The summed E-state index contributed by atoms with van der Waals surface area (Å²) < 4.78 is 0. The maximum absolute atomic E-state index is 11.5. The van der Waals surface area contributed by atoms with Gasteiger partial charge in [-0.3, -0.25) is 30.2 Å². The molecule has 21 heavy (non-hydrogen) atoms. The normalized spacial score (nSPS) is 17.5. The number of nitrogens with zero attached hydrogens (tertiary/aromatic N) is 3. The molecular formula is C12H16N6O3. The first-order valence-electron chi connectivity index (χ1n) is 5.85. The van der Waals surface area contributed by atoms with Gasteiger partial charge in [0.05, 0.1) is 0 Å². The second-order valence-corrected chi connectivity index (χ2v) is 3.76. The number of hydrogen-bond donors (Lipinski definition) is 3. The summed E-state index contributed by atoms with van der Waals surface area (Å²) in [6.45, 7) is 10.1. The zero-order valence-electron chi connectivity index (χ0n) is 11.3. The van der Waals surface area contributed by atoms with E-state index in [-0.39, 0.29) is 6.67 Å². The average Bonchev–Trinajstić information content (AvgIpc) is 2.49. The zero-order chi connectivity index (χ0) is 15.8. The molecule has 1 rings (SSSR count). The van der Waals surface area contributed by atoms with Gasteiger partial charge in [-0.1, -0.05) is 19.7 Å². The Kier molecular flexibility index (Phi) is 5.83. The van der Waals surface area contributed by atoms with Crippen molar-refractivity contribution < 1.29 is 14.4 Å². The summed E-state index contributed by atoms with van der Waals surface area (Å²) in [5, 5.41) is 5.04. The van der Waals surface area contributed by atoms with E-state index in [1.54, 1.807) is 0 Å². The van der Waals surface area contributed by atoms with Gasteiger partial charge in [-0.05, 0) is 18.2 Å². The highest BCUT2D eigenvalue weighted by Gasteiger charge is 2.29. The first kappa shape index (κ1) is 16.1. The molecule has 112 valence electrons. The summed E-state index contributed by atoms with van der Waals surface area (Å²) in [5.41, 5.74) is 4.89. The van der Waals surface area contributed by atoms with E-state index in [2.05, 4.69) is 40.9 Å². The van der Waals surface area contributed by atoms with Crippen LogP contribution in [0.25, 0.3) is 0 Å². The minimum Gasteiger partial charge on any atom is -0.317 e. The van der Waals surface area contributed by atoms with E-state index < -0.39 is 24.0 Å². The van der Waals surface area contributed by atoms with Crippen LogP contribution in [0.15, 0.2) is 43.0 Å². The van der Waals surface area contributed by atoms with Crippen molar-refractivity contribution in [2.24, 2.45) is 4.99 Å². The minimum atomic E-state index is -0.888. The monoisotopic (exact) mass is 292 g/mol. The van der Waals surface area contributed by atoms with E-state index in [1.165, 1.54) is 16.4 Å². The Balaban J connectivity index is 2.93. The third-order valence-corrected chi connectivity index (χ3v) is 2.32. The quantitative estimate of drug-likeness (QED) is 0.523. The Morgan fingerprint density at radius 1 is 1.05 bits per heavy atom. The maximum atomic E-state index is 11.5. The standard InChI is InChI=1S/C12H16N6O3/c1-4-9(19)14-12-17(15-10(20)5-2)7-13-8-18(12)16-11(21)6-3/h4-7,12H,1-3,8H2,(H,14,19)(H,15,20)(H,16,21). The van der Waals surface area contributed by atoms with Crippen molar-refractivity contribution in [2.45, 2.75) is 6.29 Å². The molecule has 1 unspecified atom stereocenters. The molecule has 0 aromatic rings. The average molecular weight is 292 g/mol. The van der Waals surface area contributed by atoms with E-state index in [0.717, 1.165) is 18.2 Å². The molecule has 1 aliphatic heterocycles. The number of carbonyl (C=O) groups is 3. The lowest BCUT2D eigenvalue weighted by atomic mass is 10.5. The largest absolute Gasteiger partial charge is 0.317 e. The summed E-state index contributed by atoms with van der Waals surface area (Å²) >= 11 is 0. The van der Waals surface area contributed by atoms with E-state index in [1.807, 2.05) is 0 Å². The van der Waals surface area contributed by atoms with Crippen molar-refractivity contribution in [1.82, 2.24) is 26.2 Å². The van der Waals surface area contributed by atoms with Gasteiger partial charge in [-0.2, -0.15) is 5.01 Å². The van der Waals surface area contributed by atoms with Crippen LogP contribution in [0.3, 0.4) is 0 Å². The Labute approximate surface area is 121 Å². The van der Waals surface area contributed by atoms with Crippen LogP contribution in [0.1, 0.15) is 0 Å². The third-order valence-electron chi connectivity index (χ3n) is 2.32. The molecule has 0 saturated heterocycles. The van der Waals surface area contributed by atoms with Crippen molar-refractivity contribution in [1.29, 1.82) is 0 Å². The van der Waals surface area contributed by atoms with Crippen LogP contribution in [-0.4, -0.2) is 47.0 Å². The molecule has 0 radical (unpaired) electrons. The molecule has 1 aliphatic rings. The fourth-order valence-electron chi connectivity index (χ4n) is 1.38. The molecule has 0 spiro atoms. The van der Waals surface area contributed by atoms with Gasteiger partial charge in [0.2, 0.25) is 5.91 Å². The van der Waals surface area contributed by atoms with Crippen molar-refractivity contribution in [3.05, 3.63) is 38.0 Å². The van der Waals surface area contributed by atoms with Gasteiger partial charge in [0.15, 0.2) is 6.29 Å². The highest BCUT2D eigenvalue weighted by molar-refractivity contribution is 5.89. The van der Waals surface area contributed by atoms with Crippen molar-refractivity contribution >= 4 is 24.1 Å². The number of rotatable bonds is 6. The van der Waals surface area contributed by atoms with Crippen LogP contribution in [0.5, 0.6) is 0 Å². The lowest BCUT2D eigenvalue weighted by Gasteiger charge is -2.39. The number of hydrazine groups is 2. The SMILES string of the molecule is C=CC(=O)NC1N(NC(=O)C=C)C=NCN1NC(=O)C=C. The molecule has 3 amide bonds. The minimum absolute atomic E-state index is 0.0716. The topological polar surface area (TPSA) is 106 Å². The zero-order valence-corrected chi connectivity index (χ0v) is 11.3. The van der Waals surface area contributed by atoms with Gasteiger partial charge in [-0.25, -0.2) is 5.01 Å². The summed E-state index contributed by atoms with van der Waals surface area (Å²) in [4.78, 5) is 38.2. The molecule has 0 saturated carbocycles. The van der Waals surface area contributed by atoms with E-state index >= 15 is 0 Å². The van der Waals surface area contributed by atoms with Gasteiger partial charge in [0.25, 0.3) is 11.8 Å². The summed E-state index contributed by atoms with van der Waals surface area (Å²) in [6, 6.07) is 0. The van der Waals surface area contributed by atoms with Crippen LogP contribution >= 0.6 is 0 Å². The fourth-order valence-corrected chi connectivity index (χ4v) is 1.38. The first-order valence-corrected chi connectivity index (χ1v) is 5.85. The number of hydrogen-bond acceptors (Lipinski definition) is 6. The Morgan fingerprint density at radius 3 is 2.19 bits per heavy atom. The number of nitrogens with one attached hydrogen (secondary N) is 3. The van der Waals surface area contributed by atoms with Crippen LogP contribution in [-0.2, 0) is 14.4 Å². The lowest BCUT2D eigenvalue weighted by Crippen LogP contribution is -2.67. The molecule has 0 aromatic heterocycles. The Morgan fingerprint density at radius 2 is 1.62 bits per heavy atom. The fraction of sp³-hybridized carbons (Fsp3) is 0.167. The number of amides is 3. The molecular weight excluding hydrogens is 276 g/mol. The summed E-state index contributed by atoms with van der Waals surface area (Å²) in [7, 11) is 0. The summed E-state index contributed by atoms with van der Waals surface area (Å²) in [6.07, 6.45) is 3.61. The predicted octanol–water partition coefficient (Wildman–Crippen LogP) is -1.39. The Hall–Kier alpha value is -2.94. The number of aliphatic imine (C=N–C) groups is 1. The maximum Gasteiger partial charge on any atom is 0.262 e.